The Morgan fingerprint density at radius 3 is 2.45 bits per heavy atom. The highest BCUT2D eigenvalue weighted by Gasteiger charge is 2.32. The molecule has 6 heteroatoms. The van der Waals surface area contributed by atoms with Gasteiger partial charge in [0.2, 0.25) is 0 Å². The molecule has 0 saturated carbocycles. The topological polar surface area (TPSA) is 95.7 Å². The average molecular weight is 271 g/mol. The number of aliphatic hydroxyl groups excluding tert-OH is 1. The first-order chi connectivity index (χ1) is 9.69. The van der Waals surface area contributed by atoms with Gasteiger partial charge in [-0.05, 0) is 18.2 Å². The number of carbonyl (C=O) groups excluding carboxylic acids is 2. The van der Waals surface area contributed by atoms with Gasteiger partial charge in [0.05, 0.1) is 18.8 Å². The van der Waals surface area contributed by atoms with Gasteiger partial charge in [0.15, 0.2) is 0 Å². The third-order valence-corrected chi connectivity index (χ3v) is 3.47. The number of nitrogens with zero attached hydrogens (tertiary/aromatic N) is 1. The van der Waals surface area contributed by atoms with Gasteiger partial charge in [-0.15, -0.1) is 0 Å². The van der Waals surface area contributed by atoms with E-state index in [4.69, 9.17) is 10.9 Å². The predicted molar refractivity (Wildman–Crippen MR) is 74.2 cm³/mol. The molecule has 1 aliphatic rings. The largest absolute Gasteiger partial charge is 0.395 e. The monoisotopic (exact) mass is 271 g/mol. The summed E-state index contributed by atoms with van der Waals surface area (Å²) < 4.78 is 0. The van der Waals surface area contributed by atoms with Gasteiger partial charge < -0.3 is 10.5 Å². The number of rotatable bonds is 3. The van der Waals surface area contributed by atoms with E-state index in [1.165, 1.54) is 0 Å². The van der Waals surface area contributed by atoms with E-state index >= 15 is 0 Å². The molecule has 0 unspecified atom stereocenters. The quantitative estimate of drug-likeness (QED) is 0.434. The number of carbonyl (C=O) groups is 2. The minimum absolute atomic E-state index is 0.00954. The Labute approximate surface area is 114 Å². The molecular formula is C14H13N3O3. The van der Waals surface area contributed by atoms with Crippen LogP contribution in [0.4, 0.5) is 5.69 Å². The zero-order chi connectivity index (χ0) is 14.3. The van der Waals surface area contributed by atoms with Crippen molar-refractivity contribution in [2.45, 2.75) is 0 Å². The van der Waals surface area contributed by atoms with E-state index in [2.05, 4.69) is 5.43 Å². The number of nitrogen functional groups attached to an aromatic ring is 1. The summed E-state index contributed by atoms with van der Waals surface area (Å²) in [5.74, 6) is 4.67. The third kappa shape index (κ3) is 1.59. The summed E-state index contributed by atoms with van der Waals surface area (Å²) in [4.78, 5) is 25.8. The SMILES string of the molecule is NNc1ccc2c3c(cccc13)C(=O)N(CCO)C2=O. The molecule has 102 valence electrons. The number of β-amino-alcohol motifs (C(OH)–C–C–N with tert-alkyl or cyclic N) is 1. The fraction of sp³-hybridized carbons (Fsp3) is 0.143. The van der Waals surface area contributed by atoms with Crippen molar-refractivity contribution in [2.75, 3.05) is 18.6 Å². The summed E-state index contributed by atoms with van der Waals surface area (Å²) in [6.07, 6.45) is 0. The molecule has 4 N–H and O–H groups in total. The van der Waals surface area contributed by atoms with E-state index in [1.54, 1.807) is 30.3 Å². The van der Waals surface area contributed by atoms with E-state index < -0.39 is 11.8 Å². The van der Waals surface area contributed by atoms with Crippen LogP contribution < -0.4 is 11.3 Å². The Kier molecular flexibility index (Phi) is 2.89. The normalized spacial score (nSPS) is 14.0. The molecule has 0 fully saturated rings. The van der Waals surface area contributed by atoms with Crippen LogP contribution in [0.2, 0.25) is 0 Å². The van der Waals surface area contributed by atoms with Gasteiger partial charge in [-0.1, -0.05) is 12.1 Å². The third-order valence-electron chi connectivity index (χ3n) is 3.47. The molecule has 6 nitrogen and oxygen atoms in total. The molecule has 20 heavy (non-hydrogen) atoms. The van der Waals surface area contributed by atoms with Crippen LogP contribution in [0.3, 0.4) is 0 Å². The van der Waals surface area contributed by atoms with E-state index in [1.807, 2.05) is 0 Å². The fourth-order valence-electron chi connectivity index (χ4n) is 2.58. The smallest absolute Gasteiger partial charge is 0.261 e. The lowest BCUT2D eigenvalue weighted by atomic mass is 9.93. The van der Waals surface area contributed by atoms with Crippen molar-refractivity contribution in [3.8, 4) is 0 Å². The maximum atomic E-state index is 12.3. The molecule has 2 aromatic carbocycles. The molecule has 2 aromatic rings. The zero-order valence-electron chi connectivity index (χ0n) is 10.6. The lowest BCUT2D eigenvalue weighted by molar-refractivity contribution is 0.0580. The molecule has 1 heterocycles. The van der Waals surface area contributed by atoms with Crippen LogP contribution in [-0.2, 0) is 0 Å². The molecule has 0 spiro atoms. The number of hydrazine groups is 1. The van der Waals surface area contributed by atoms with E-state index in [9.17, 15) is 9.59 Å². The second-order valence-corrected chi connectivity index (χ2v) is 4.52. The van der Waals surface area contributed by atoms with E-state index in [0.29, 0.717) is 22.2 Å². The molecule has 0 radical (unpaired) electrons. The maximum absolute atomic E-state index is 12.3. The number of imide groups is 1. The first kappa shape index (κ1) is 12.6. The van der Waals surface area contributed by atoms with Crippen LogP contribution in [0, 0.1) is 0 Å². The molecule has 0 atom stereocenters. The Balaban J connectivity index is 2.33. The number of aliphatic hydroxyl groups is 1. The summed E-state index contributed by atoms with van der Waals surface area (Å²) in [6, 6.07) is 8.56. The molecule has 0 aliphatic carbocycles. The molecule has 0 aromatic heterocycles. The molecule has 1 aliphatic heterocycles. The van der Waals surface area contributed by atoms with Crippen LogP contribution in [0.15, 0.2) is 30.3 Å². The zero-order valence-corrected chi connectivity index (χ0v) is 10.6. The predicted octanol–water partition coefficient (Wildman–Crippen LogP) is 0.714. The van der Waals surface area contributed by atoms with Crippen LogP contribution in [0.5, 0.6) is 0 Å². The van der Waals surface area contributed by atoms with Crippen molar-refractivity contribution in [1.29, 1.82) is 0 Å². The summed E-state index contributed by atoms with van der Waals surface area (Å²) in [6.45, 7) is -0.268. The minimum atomic E-state index is -0.392. The van der Waals surface area contributed by atoms with Crippen LogP contribution >= 0.6 is 0 Å². The van der Waals surface area contributed by atoms with Crippen LogP contribution in [-0.4, -0.2) is 35.0 Å². The Morgan fingerprint density at radius 1 is 1.10 bits per heavy atom. The van der Waals surface area contributed by atoms with Gasteiger partial charge >= 0.3 is 0 Å². The Hall–Kier alpha value is -2.44. The summed E-state index contributed by atoms with van der Waals surface area (Å²) in [5, 5.41) is 10.3. The van der Waals surface area contributed by atoms with Gasteiger partial charge in [-0.3, -0.25) is 20.3 Å². The van der Waals surface area contributed by atoms with Crippen molar-refractivity contribution in [2.24, 2.45) is 5.84 Å². The molecular weight excluding hydrogens is 258 g/mol. The number of hydrogen-bond donors (Lipinski definition) is 3. The van der Waals surface area contributed by atoms with Gasteiger partial charge in [-0.25, -0.2) is 0 Å². The Morgan fingerprint density at radius 2 is 1.80 bits per heavy atom. The summed E-state index contributed by atoms with van der Waals surface area (Å²) >= 11 is 0. The number of nitrogens with two attached hydrogens (primary N) is 1. The number of benzene rings is 2. The van der Waals surface area contributed by atoms with Crippen LogP contribution in [0.1, 0.15) is 20.7 Å². The minimum Gasteiger partial charge on any atom is -0.395 e. The first-order valence-corrected chi connectivity index (χ1v) is 6.18. The lowest BCUT2D eigenvalue weighted by Crippen LogP contribution is -2.41. The van der Waals surface area contributed by atoms with Gasteiger partial charge in [-0.2, -0.15) is 0 Å². The second-order valence-electron chi connectivity index (χ2n) is 4.52. The molecule has 2 amide bonds. The molecule has 0 bridgehead atoms. The number of amides is 2. The van der Waals surface area contributed by atoms with Crippen molar-refractivity contribution in [1.82, 2.24) is 4.90 Å². The van der Waals surface area contributed by atoms with Crippen molar-refractivity contribution in [3.63, 3.8) is 0 Å². The standard InChI is InChI=1S/C14H13N3O3/c15-16-11-5-4-10-12-8(11)2-1-3-9(12)13(19)17(6-7-18)14(10)20/h1-5,16,18H,6-7,15H2. The van der Waals surface area contributed by atoms with Crippen molar-refractivity contribution < 1.29 is 14.7 Å². The van der Waals surface area contributed by atoms with Crippen molar-refractivity contribution >= 4 is 28.3 Å². The highest BCUT2D eigenvalue weighted by molar-refractivity contribution is 6.26. The summed E-state index contributed by atoms with van der Waals surface area (Å²) in [7, 11) is 0. The summed E-state index contributed by atoms with van der Waals surface area (Å²) in [5.41, 5.74) is 4.11. The van der Waals surface area contributed by atoms with Crippen LogP contribution in [0.25, 0.3) is 10.8 Å². The van der Waals surface area contributed by atoms with Gasteiger partial charge in [0.25, 0.3) is 11.8 Å². The second kappa shape index (κ2) is 4.59. The average Bonchev–Trinajstić information content (AvgIpc) is 2.48. The Bertz CT molecular complexity index is 705. The number of hydrogen-bond acceptors (Lipinski definition) is 5. The molecule has 3 rings (SSSR count). The van der Waals surface area contributed by atoms with Gasteiger partial charge in [0.1, 0.15) is 0 Å². The fourth-order valence-corrected chi connectivity index (χ4v) is 2.58. The first-order valence-electron chi connectivity index (χ1n) is 6.18. The maximum Gasteiger partial charge on any atom is 0.261 e. The van der Waals surface area contributed by atoms with Gasteiger partial charge in [0, 0.05) is 21.9 Å². The molecule has 0 saturated heterocycles. The van der Waals surface area contributed by atoms with E-state index in [0.717, 1.165) is 10.3 Å². The number of anilines is 1. The highest BCUT2D eigenvalue weighted by Crippen LogP contribution is 2.33. The van der Waals surface area contributed by atoms with E-state index in [-0.39, 0.29) is 13.2 Å². The highest BCUT2D eigenvalue weighted by atomic mass is 16.3. The van der Waals surface area contributed by atoms with Crippen molar-refractivity contribution in [3.05, 3.63) is 41.5 Å². The number of nitrogens with one attached hydrogen (secondary N) is 1. The lowest BCUT2D eigenvalue weighted by Gasteiger charge is -2.27.